The van der Waals surface area contributed by atoms with Crippen molar-refractivity contribution in [2.24, 2.45) is 0 Å². The molecule has 1 aliphatic heterocycles. The molecule has 17 heavy (non-hydrogen) atoms. The van der Waals surface area contributed by atoms with Crippen LogP contribution in [0.3, 0.4) is 0 Å². The third-order valence-corrected chi connectivity index (χ3v) is 2.50. The molecular formula is C13H20BO3. The number of aliphatic hydroxyl groups excluding tert-OH is 2. The van der Waals surface area contributed by atoms with Gasteiger partial charge >= 0.3 is 0 Å². The summed E-state index contributed by atoms with van der Waals surface area (Å²) in [6, 6.07) is 7.57. The molecule has 0 amide bonds. The van der Waals surface area contributed by atoms with E-state index in [1.807, 2.05) is 24.3 Å². The van der Waals surface area contributed by atoms with Crippen LogP contribution in [-0.2, 0) is 17.8 Å². The molecule has 1 fully saturated rings. The Bertz CT molecular complexity index is 280. The number of hydrogen-bond acceptors (Lipinski definition) is 3. The Labute approximate surface area is 105 Å². The molecule has 1 heterocycles. The van der Waals surface area contributed by atoms with Crippen molar-refractivity contribution < 1.29 is 14.9 Å². The smallest absolute Gasteiger partial charge is 0.0684 e. The Balaban J connectivity index is 0.000000360. The minimum atomic E-state index is 0. The van der Waals surface area contributed by atoms with Crippen molar-refractivity contribution in [3.63, 3.8) is 0 Å². The van der Waals surface area contributed by atoms with Crippen LogP contribution in [0.2, 0.25) is 0 Å². The van der Waals surface area contributed by atoms with Gasteiger partial charge in [0.15, 0.2) is 0 Å². The van der Waals surface area contributed by atoms with E-state index in [1.54, 1.807) is 0 Å². The van der Waals surface area contributed by atoms with Gasteiger partial charge in [-0.15, -0.1) is 0 Å². The van der Waals surface area contributed by atoms with Gasteiger partial charge < -0.3 is 14.9 Å². The molecule has 0 unspecified atom stereocenters. The highest BCUT2D eigenvalue weighted by Gasteiger charge is 1.97. The summed E-state index contributed by atoms with van der Waals surface area (Å²) in [4.78, 5) is 0. The molecule has 1 saturated heterocycles. The fraction of sp³-hybridized carbons (Fsp3) is 0.538. The van der Waals surface area contributed by atoms with E-state index >= 15 is 0 Å². The molecule has 0 spiro atoms. The lowest BCUT2D eigenvalue weighted by Gasteiger charge is -2.03. The van der Waals surface area contributed by atoms with Gasteiger partial charge in [0, 0.05) is 28.2 Å². The molecule has 1 aromatic rings. The van der Waals surface area contributed by atoms with Crippen LogP contribution in [-0.4, -0.2) is 38.4 Å². The lowest BCUT2D eigenvalue weighted by atomic mass is 10.1. The van der Waals surface area contributed by atoms with Gasteiger partial charge in [0.1, 0.15) is 0 Å². The highest BCUT2D eigenvalue weighted by molar-refractivity contribution is 5.75. The minimum absolute atomic E-state index is 0. The number of ether oxygens (including phenoxy) is 1. The summed E-state index contributed by atoms with van der Waals surface area (Å²) in [5.41, 5.74) is 1.93. The summed E-state index contributed by atoms with van der Waals surface area (Å²) >= 11 is 0. The first-order valence-corrected chi connectivity index (χ1v) is 5.74. The van der Waals surface area contributed by atoms with E-state index in [-0.39, 0.29) is 21.6 Å². The molecule has 1 aromatic carbocycles. The maximum Gasteiger partial charge on any atom is 0.0684 e. The van der Waals surface area contributed by atoms with Gasteiger partial charge in [-0.2, -0.15) is 0 Å². The average Bonchev–Trinajstić information content (AvgIpc) is 2.89. The van der Waals surface area contributed by atoms with E-state index in [1.165, 1.54) is 12.8 Å². The molecule has 0 atom stereocenters. The zero-order valence-electron chi connectivity index (χ0n) is 10.1. The molecular weight excluding hydrogens is 215 g/mol. The monoisotopic (exact) mass is 235 g/mol. The Morgan fingerprint density at radius 2 is 1.59 bits per heavy atom. The van der Waals surface area contributed by atoms with Gasteiger partial charge in [-0.05, 0) is 30.4 Å². The van der Waals surface area contributed by atoms with E-state index < -0.39 is 0 Å². The summed E-state index contributed by atoms with van der Waals surface area (Å²) in [5, 5.41) is 17.5. The van der Waals surface area contributed by atoms with Crippen LogP contribution in [0.4, 0.5) is 0 Å². The van der Waals surface area contributed by atoms with Crippen LogP contribution in [0.25, 0.3) is 0 Å². The predicted molar refractivity (Wildman–Crippen MR) is 69.0 cm³/mol. The molecule has 93 valence electrons. The number of hydrogen-bond donors (Lipinski definition) is 2. The van der Waals surface area contributed by atoms with E-state index in [0.717, 1.165) is 24.3 Å². The third kappa shape index (κ3) is 6.46. The zero-order chi connectivity index (χ0) is 11.6. The summed E-state index contributed by atoms with van der Waals surface area (Å²) in [5.74, 6) is 0. The highest BCUT2D eigenvalue weighted by Crippen LogP contribution is 2.08. The van der Waals surface area contributed by atoms with Crippen molar-refractivity contribution in [2.75, 3.05) is 19.8 Å². The molecule has 3 nitrogen and oxygen atoms in total. The van der Waals surface area contributed by atoms with Crippen LogP contribution in [0, 0.1) is 0 Å². The van der Waals surface area contributed by atoms with Crippen molar-refractivity contribution in [2.45, 2.75) is 25.9 Å². The van der Waals surface area contributed by atoms with E-state index in [9.17, 15) is 0 Å². The lowest BCUT2D eigenvalue weighted by molar-refractivity contribution is 0.198. The van der Waals surface area contributed by atoms with Crippen molar-refractivity contribution in [1.82, 2.24) is 0 Å². The normalized spacial score (nSPS) is 13.5. The van der Waals surface area contributed by atoms with Gasteiger partial charge in [-0.3, -0.25) is 0 Å². The SMILES string of the molecule is C1CCOC1.OCCc1ccccc1CO.[B]. The first-order chi connectivity index (χ1) is 7.88. The Hall–Kier alpha value is -0.835. The quantitative estimate of drug-likeness (QED) is 0.772. The standard InChI is InChI=1S/C9H12O2.C4H8O.B/c10-6-5-8-3-1-2-4-9(8)7-11;1-2-4-5-3-1;/h1-4,10-11H,5-7H2;1-4H2;. The maximum atomic E-state index is 8.86. The van der Waals surface area contributed by atoms with E-state index in [4.69, 9.17) is 14.9 Å². The molecule has 0 bridgehead atoms. The second kappa shape index (κ2) is 10.3. The Morgan fingerprint density at radius 3 is 2.00 bits per heavy atom. The molecule has 0 aromatic heterocycles. The largest absolute Gasteiger partial charge is 0.396 e. The van der Waals surface area contributed by atoms with E-state index in [0.29, 0.717) is 6.42 Å². The lowest BCUT2D eigenvalue weighted by Crippen LogP contribution is -1.96. The highest BCUT2D eigenvalue weighted by atomic mass is 16.5. The van der Waals surface area contributed by atoms with Crippen LogP contribution in [0.15, 0.2) is 24.3 Å². The fourth-order valence-electron chi connectivity index (χ4n) is 1.59. The van der Waals surface area contributed by atoms with Crippen LogP contribution < -0.4 is 0 Å². The second-order valence-electron chi connectivity index (χ2n) is 3.72. The van der Waals surface area contributed by atoms with Crippen LogP contribution >= 0.6 is 0 Å². The van der Waals surface area contributed by atoms with Gasteiger partial charge in [0.2, 0.25) is 0 Å². The summed E-state index contributed by atoms with van der Waals surface area (Å²) in [7, 11) is 0. The van der Waals surface area contributed by atoms with Gasteiger partial charge in [0.05, 0.1) is 6.61 Å². The van der Waals surface area contributed by atoms with Crippen molar-refractivity contribution in [3.05, 3.63) is 35.4 Å². The third-order valence-electron chi connectivity index (χ3n) is 2.50. The Morgan fingerprint density at radius 1 is 1.00 bits per heavy atom. The molecule has 4 heteroatoms. The van der Waals surface area contributed by atoms with E-state index in [2.05, 4.69) is 0 Å². The topological polar surface area (TPSA) is 49.7 Å². The first kappa shape index (κ1) is 16.2. The predicted octanol–water partition coefficient (Wildman–Crippen LogP) is 1.13. The molecule has 0 saturated carbocycles. The summed E-state index contributed by atoms with van der Waals surface area (Å²) in [6.07, 6.45) is 3.18. The molecule has 2 N–H and O–H groups in total. The number of benzene rings is 1. The van der Waals surface area contributed by atoms with Gasteiger partial charge in [0.25, 0.3) is 0 Å². The maximum absolute atomic E-state index is 8.86. The second-order valence-corrected chi connectivity index (χ2v) is 3.72. The number of aliphatic hydroxyl groups is 2. The molecule has 0 aliphatic carbocycles. The Kier molecular flexibility index (Phi) is 9.82. The number of rotatable bonds is 3. The van der Waals surface area contributed by atoms with Crippen molar-refractivity contribution in [3.8, 4) is 0 Å². The zero-order valence-corrected chi connectivity index (χ0v) is 10.1. The van der Waals surface area contributed by atoms with Crippen molar-refractivity contribution in [1.29, 1.82) is 0 Å². The molecule has 3 radical (unpaired) electrons. The minimum Gasteiger partial charge on any atom is -0.396 e. The average molecular weight is 235 g/mol. The van der Waals surface area contributed by atoms with Gasteiger partial charge in [-0.1, -0.05) is 24.3 Å². The van der Waals surface area contributed by atoms with Crippen molar-refractivity contribution >= 4 is 8.41 Å². The summed E-state index contributed by atoms with van der Waals surface area (Å²) < 4.78 is 4.94. The molecule has 1 aliphatic rings. The molecule has 2 rings (SSSR count). The first-order valence-electron chi connectivity index (χ1n) is 5.74. The summed E-state index contributed by atoms with van der Waals surface area (Å²) in [6.45, 7) is 2.19. The van der Waals surface area contributed by atoms with Gasteiger partial charge in [-0.25, -0.2) is 0 Å². The fourth-order valence-corrected chi connectivity index (χ4v) is 1.59. The van der Waals surface area contributed by atoms with Crippen LogP contribution in [0.1, 0.15) is 24.0 Å². The van der Waals surface area contributed by atoms with Crippen LogP contribution in [0.5, 0.6) is 0 Å².